The zero-order chi connectivity index (χ0) is 22.5. The molecule has 0 spiro atoms. The van der Waals surface area contributed by atoms with Crippen LogP contribution in [-0.4, -0.2) is 28.0 Å². The lowest BCUT2D eigenvalue weighted by atomic mass is 10.1. The smallest absolute Gasteiger partial charge is 0.267 e. The molecule has 2 heterocycles. The summed E-state index contributed by atoms with van der Waals surface area (Å²) in [6.07, 6.45) is 1.46. The topological polar surface area (TPSA) is 138 Å². The van der Waals surface area contributed by atoms with Gasteiger partial charge in [0.25, 0.3) is 5.91 Å². The molecule has 160 valence electrons. The number of benzene rings is 2. The minimum atomic E-state index is -0.627. The van der Waals surface area contributed by atoms with Crippen LogP contribution in [0.4, 0.5) is 17.5 Å². The van der Waals surface area contributed by atoms with Crippen molar-refractivity contribution in [2.45, 2.75) is 0 Å². The van der Waals surface area contributed by atoms with E-state index in [4.69, 9.17) is 20.9 Å². The van der Waals surface area contributed by atoms with Gasteiger partial charge in [-0.1, -0.05) is 18.2 Å². The van der Waals surface area contributed by atoms with E-state index in [1.54, 1.807) is 31.4 Å². The summed E-state index contributed by atoms with van der Waals surface area (Å²) in [5.41, 5.74) is 13.5. The van der Waals surface area contributed by atoms with Gasteiger partial charge < -0.3 is 26.3 Å². The van der Waals surface area contributed by atoms with Gasteiger partial charge in [0.05, 0.1) is 12.8 Å². The van der Waals surface area contributed by atoms with E-state index in [0.29, 0.717) is 28.8 Å². The predicted molar refractivity (Wildman–Crippen MR) is 121 cm³/mol. The number of hydrogen-bond acceptors (Lipinski definition) is 8. The molecule has 0 aliphatic rings. The number of anilines is 3. The number of carbonyl (C=O) groups is 1. The van der Waals surface area contributed by atoms with Gasteiger partial charge in [0.15, 0.2) is 0 Å². The van der Waals surface area contributed by atoms with Gasteiger partial charge in [-0.25, -0.2) is 4.98 Å². The molecule has 0 unspecified atom stereocenters. The van der Waals surface area contributed by atoms with Gasteiger partial charge in [0.1, 0.15) is 28.8 Å². The zero-order valence-corrected chi connectivity index (χ0v) is 17.1. The molecule has 32 heavy (non-hydrogen) atoms. The van der Waals surface area contributed by atoms with Crippen molar-refractivity contribution in [3.63, 3.8) is 0 Å². The van der Waals surface area contributed by atoms with Crippen molar-refractivity contribution in [1.29, 1.82) is 0 Å². The van der Waals surface area contributed by atoms with E-state index in [-0.39, 0.29) is 11.6 Å². The SMILES string of the molecule is COc1ccccc1-c1cc(Nc2cccc(Oc3ccnc(C(N)=O)c3)c2)nc(N)n1. The Morgan fingerprint density at radius 2 is 1.78 bits per heavy atom. The second-order valence-corrected chi connectivity index (χ2v) is 6.69. The molecule has 2 aromatic carbocycles. The number of nitrogen functional groups attached to an aromatic ring is 1. The summed E-state index contributed by atoms with van der Waals surface area (Å²) < 4.78 is 11.3. The molecule has 1 amide bonds. The van der Waals surface area contributed by atoms with Crippen molar-refractivity contribution in [2.75, 3.05) is 18.2 Å². The number of amides is 1. The second kappa shape index (κ2) is 9.00. The predicted octanol–water partition coefficient (Wildman–Crippen LogP) is 3.76. The lowest BCUT2D eigenvalue weighted by molar-refractivity contribution is 0.0995. The van der Waals surface area contributed by atoms with E-state index >= 15 is 0 Å². The van der Waals surface area contributed by atoms with Crippen molar-refractivity contribution >= 4 is 23.4 Å². The molecule has 0 bridgehead atoms. The molecular weight excluding hydrogens is 408 g/mol. The normalized spacial score (nSPS) is 10.4. The first kappa shape index (κ1) is 20.6. The number of nitrogens with two attached hydrogens (primary N) is 2. The van der Waals surface area contributed by atoms with E-state index < -0.39 is 5.91 Å². The molecule has 0 saturated heterocycles. The summed E-state index contributed by atoms with van der Waals surface area (Å²) in [6.45, 7) is 0. The van der Waals surface area contributed by atoms with E-state index in [1.165, 1.54) is 12.3 Å². The number of carbonyl (C=O) groups excluding carboxylic acids is 1. The number of methoxy groups -OCH3 is 1. The van der Waals surface area contributed by atoms with Gasteiger partial charge in [0, 0.05) is 35.6 Å². The molecule has 0 fully saturated rings. The number of primary amides is 1. The third-order valence-electron chi connectivity index (χ3n) is 4.45. The van der Waals surface area contributed by atoms with Crippen LogP contribution in [-0.2, 0) is 0 Å². The Morgan fingerprint density at radius 3 is 2.59 bits per heavy atom. The van der Waals surface area contributed by atoms with Crippen LogP contribution >= 0.6 is 0 Å². The Labute approximate surface area is 184 Å². The van der Waals surface area contributed by atoms with Crippen molar-refractivity contribution < 1.29 is 14.3 Å². The average Bonchev–Trinajstić information content (AvgIpc) is 2.79. The van der Waals surface area contributed by atoms with Gasteiger partial charge in [0.2, 0.25) is 5.95 Å². The number of hydrogen-bond donors (Lipinski definition) is 3. The molecule has 5 N–H and O–H groups in total. The standard InChI is InChI=1S/C23H20N6O3/c1-31-20-8-3-2-7-17(20)18-13-21(29-23(25)28-18)27-14-5-4-6-15(11-14)32-16-9-10-26-19(12-16)22(24)30/h2-13H,1H3,(H2,24,30)(H3,25,27,28,29). The molecule has 0 aliphatic heterocycles. The van der Waals surface area contributed by atoms with Crippen molar-refractivity contribution in [2.24, 2.45) is 5.73 Å². The fourth-order valence-electron chi connectivity index (χ4n) is 3.05. The van der Waals surface area contributed by atoms with Crippen LogP contribution in [0.2, 0.25) is 0 Å². The van der Waals surface area contributed by atoms with Crippen molar-refractivity contribution in [3.05, 3.63) is 78.6 Å². The number of ether oxygens (including phenoxy) is 2. The Hall–Kier alpha value is -4.66. The van der Waals surface area contributed by atoms with Crippen LogP contribution in [0.15, 0.2) is 72.9 Å². The second-order valence-electron chi connectivity index (χ2n) is 6.69. The maximum atomic E-state index is 11.3. The fourth-order valence-corrected chi connectivity index (χ4v) is 3.05. The van der Waals surface area contributed by atoms with Crippen LogP contribution in [0.3, 0.4) is 0 Å². The summed E-state index contributed by atoms with van der Waals surface area (Å²) in [6, 6.07) is 19.7. The molecule has 9 nitrogen and oxygen atoms in total. The number of rotatable bonds is 7. The first-order chi connectivity index (χ1) is 15.5. The summed E-state index contributed by atoms with van der Waals surface area (Å²) >= 11 is 0. The zero-order valence-electron chi connectivity index (χ0n) is 17.1. The number of nitrogens with one attached hydrogen (secondary N) is 1. The van der Waals surface area contributed by atoms with Crippen molar-refractivity contribution in [3.8, 4) is 28.5 Å². The molecule has 0 aliphatic carbocycles. The quantitative estimate of drug-likeness (QED) is 0.404. The number of pyridine rings is 1. The highest BCUT2D eigenvalue weighted by Gasteiger charge is 2.11. The van der Waals surface area contributed by atoms with Crippen LogP contribution in [0, 0.1) is 0 Å². The molecule has 0 radical (unpaired) electrons. The molecule has 0 atom stereocenters. The highest BCUT2D eigenvalue weighted by atomic mass is 16.5. The van der Waals surface area contributed by atoms with E-state index in [1.807, 2.05) is 36.4 Å². The third-order valence-corrected chi connectivity index (χ3v) is 4.45. The maximum absolute atomic E-state index is 11.3. The first-order valence-corrected chi connectivity index (χ1v) is 9.60. The number of aromatic nitrogens is 3. The highest BCUT2D eigenvalue weighted by molar-refractivity contribution is 5.91. The van der Waals surface area contributed by atoms with Crippen LogP contribution < -0.4 is 26.3 Å². The fraction of sp³-hybridized carbons (Fsp3) is 0.0435. The van der Waals surface area contributed by atoms with Crippen LogP contribution in [0.25, 0.3) is 11.3 Å². The van der Waals surface area contributed by atoms with Crippen LogP contribution in [0.1, 0.15) is 10.5 Å². The summed E-state index contributed by atoms with van der Waals surface area (Å²) in [7, 11) is 1.60. The minimum Gasteiger partial charge on any atom is -0.496 e. The molecule has 4 aromatic rings. The summed E-state index contributed by atoms with van der Waals surface area (Å²) in [5.74, 6) is 1.67. The Balaban J connectivity index is 1.58. The molecule has 0 saturated carbocycles. The van der Waals surface area contributed by atoms with Gasteiger partial charge in [-0.15, -0.1) is 0 Å². The Kier molecular flexibility index (Phi) is 5.80. The summed E-state index contributed by atoms with van der Waals surface area (Å²) in [5, 5.41) is 3.21. The van der Waals surface area contributed by atoms with Crippen LogP contribution in [0.5, 0.6) is 17.2 Å². The molecular formula is C23H20N6O3. The Bertz CT molecular complexity index is 1280. The molecule has 2 aromatic heterocycles. The maximum Gasteiger partial charge on any atom is 0.267 e. The van der Waals surface area contributed by atoms with Gasteiger partial charge in [-0.2, -0.15) is 4.98 Å². The first-order valence-electron chi connectivity index (χ1n) is 9.60. The molecule has 9 heteroatoms. The van der Waals surface area contributed by atoms with E-state index in [0.717, 1.165) is 11.3 Å². The summed E-state index contributed by atoms with van der Waals surface area (Å²) in [4.78, 5) is 23.8. The Morgan fingerprint density at radius 1 is 0.969 bits per heavy atom. The van der Waals surface area contributed by atoms with Gasteiger partial charge in [-0.3, -0.25) is 9.78 Å². The third kappa shape index (κ3) is 4.73. The van der Waals surface area contributed by atoms with E-state index in [2.05, 4.69) is 20.3 Å². The monoisotopic (exact) mass is 428 g/mol. The largest absolute Gasteiger partial charge is 0.496 e. The number of para-hydroxylation sites is 1. The number of nitrogens with zero attached hydrogens (tertiary/aromatic N) is 3. The van der Waals surface area contributed by atoms with E-state index in [9.17, 15) is 4.79 Å². The lowest BCUT2D eigenvalue weighted by Crippen LogP contribution is -2.12. The van der Waals surface area contributed by atoms with Crippen molar-refractivity contribution in [1.82, 2.24) is 15.0 Å². The average molecular weight is 428 g/mol. The van der Waals surface area contributed by atoms with Gasteiger partial charge in [-0.05, 0) is 30.3 Å². The highest BCUT2D eigenvalue weighted by Crippen LogP contribution is 2.31. The minimum absolute atomic E-state index is 0.122. The van der Waals surface area contributed by atoms with Gasteiger partial charge >= 0.3 is 0 Å². The molecule has 4 rings (SSSR count). The lowest BCUT2D eigenvalue weighted by Gasteiger charge is -2.12.